The number of alkyl halides is 3. The van der Waals surface area contributed by atoms with Crippen molar-refractivity contribution in [1.29, 1.82) is 0 Å². The van der Waals surface area contributed by atoms with Crippen LogP contribution in [-0.2, 0) is 17.8 Å². The van der Waals surface area contributed by atoms with Crippen molar-refractivity contribution in [3.05, 3.63) is 23.8 Å². The van der Waals surface area contributed by atoms with E-state index in [2.05, 4.69) is 9.13 Å². The third-order valence-corrected chi connectivity index (χ3v) is 4.31. The van der Waals surface area contributed by atoms with E-state index in [0.29, 0.717) is 24.1 Å². The highest BCUT2D eigenvalue weighted by Gasteiger charge is 2.32. The average molecular weight is 351 g/mol. The molecule has 0 aliphatic rings. The summed E-state index contributed by atoms with van der Waals surface area (Å²) in [5.41, 5.74) is 1.20. The second-order valence-electron chi connectivity index (χ2n) is 6.04. The van der Waals surface area contributed by atoms with Gasteiger partial charge in [0.25, 0.3) is 0 Å². The third kappa shape index (κ3) is 7.13. The van der Waals surface area contributed by atoms with Crippen LogP contribution in [0.4, 0.5) is 13.2 Å². The van der Waals surface area contributed by atoms with E-state index >= 15 is 0 Å². The Balaban J connectivity index is 2.75. The van der Waals surface area contributed by atoms with Crippen LogP contribution in [0.1, 0.15) is 39.7 Å². The Morgan fingerprint density at radius 3 is 2.43 bits per heavy atom. The standard InChI is InChI=1S/C15H20F3NO3S/c1-10(19-23(21)14(2,3)4)5-6-11-7-8-12(20)13(9-11)22-15(16,17)18/h7-9,20H,5-6H2,1-4H3/b19-10+/t23-/m1/s1. The summed E-state index contributed by atoms with van der Waals surface area (Å²) in [6.45, 7) is 7.14. The molecular weight excluding hydrogens is 331 g/mol. The summed E-state index contributed by atoms with van der Waals surface area (Å²) in [7, 11) is 0. The molecule has 1 N–H and O–H groups in total. The van der Waals surface area contributed by atoms with Crippen LogP contribution in [0.25, 0.3) is 0 Å². The average Bonchev–Trinajstić information content (AvgIpc) is 2.37. The number of aromatic hydroxyl groups is 1. The van der Waals surface area contributed by atoms with E-state index in [9.17, 15) is 22.8 Å². The molecular formula is C15H20F3NO3S. The van der Waals surface area contributed by atoms with Crippen LogP contribution in [-0.4, -0.2) is 26.5 Å². The number of halogens is 3. The first-order chi connectivity index (χ1) is 10.4. The van der Waals surface area contributed by atoms with Crippen LogP contribution in [0.2, 0.25) is 0 Å². The second kappa shape index (κ2) is 7.44. The number of hydrogen-bond acceptors (Lipinski definition) is 4. The van der Waals surface area contributed by atoms with Crippen LogP contribution < -0.4 is 4.74 Å². The van der Waals surface area contributed by atoms with Crippen molar-refractivity contribution >= 4 is 17.1 Å². The van der Waals surface area contributed by atoms with E-state index in [1.165, 1.54) is 6.07 Å². The maximum Gasteiger partial charge on any atom is 0.573 e. The van der Waals surface area contributed by atoms with E-state index in [0.717, 1.165) is 12.1 Å². The molecule has 1 atom stereocenters. The topological polar surface area (TPSA) is 64.9 Å². The zero-order valence-corrected chi connectivity index (χ0v) is 14.2. The normalized spacial score (nSPS) is 14.7. The largest absolute Gasteiger partial charge is 0.591 e. The maximum atomic E-state index is 12.2. The predicted octanol–water partition coefficient (Wildman–Crippen LogP) is 4.15. The first-order valence-corrected chi connectivity index (χ1v) is 8.03. The molecule has 8 heteroatoms. The fourth-order valence-corrected chi connectivity index (χ4v) is 2.22. The minimum absolute atomic E-state index is 0.394. The van der Waals surface area contributed by atoms with E-state index in [4.69, 9.17) is 0 Å². The van der Waals surface area contributed by atoms with Crippen molar-refractivity contribution < 1.29 is 27.6 Å². The Morgan fingerprint density at radius 1 is 1.30 bits per heavy atom. The van der Waals surface area contributed by atoms with Crippen LogP contribution in [0, 0.1) is 0 Å². The predicted molar refractivity (Wildman–Crippen MR) is 84.1 cm³/mol. The van der Waals surface area contributed by atoms with Gasteiger partial charge in [0, 0.05) is 0 Å². The maximum absolute atomic E-state index is 12.2. The lowest BCUT2D eigenvalue weighted by Crippen LogP contribution is -2.26. The molecule has 0 heterocycles. The van der Waals surface area contributed by atoms with Crippen molar-refractivity contribution in [1.82, 2.24) is 0 Å². The van der Waals surface area contributed by atoms with Crippen LogP contribution >= 0.6 is 0 Å². The van der Waals surface area contributed by atoms with E-state index < -0.39 is 34.0 Å². The molecule has 1 aromatic carbocycles. The van der Waals surface area contributed by atoms with Gasteiger partial charge in [-0.05, 0) is 58.2 Å². The van der Waals surface area contributed by atoms with Crippen molar-refractivity contribution in [2.75, 3.05) is 0 Å². The Bertz CT molecular complexity index is 568. The number of aryl methyl sites for hydroxylation is 1. The van der Waals surface area contributed by atoms with E-state index in [1.54, 1.807) is 27.7 Å². The molecule has 0 fully saturated rings. The number of phenols is 1. The Hall–Kier alpha value is -1.41. The van der Waals surface area contributed by atoms with Gasteiger partial charge in [-0.2, -0.15) is 0 Å². The summed E-state index contributed by atoms with van der Waals surface area (Å²) >= 11 is -1.37. The number of phenolic OH excluding ortho intramolecular Hbond substituents is 1. The van der Waals surface area contributed by atoms with Gasteiger partial charge in [0.05, 0.1) is 5.71 Å². The Labute approximate surface area is 136 Å². The van der Waals surface area contributed by atoms with Gasteiger partial charge in [-0.25, -0.2) is 0 Å². The molecule has 130 valence electrons. The molecule has 0 aromatic heterocycles. The van der Waals surface area contributed by atoms with Crippen molar-refractivity contribution in [2.24, 2.45) is 4.40 Å². The van der Waals surface area contributed by atoms with Crippen molar-refractivity contribution in [2.45, 2.75) is 51.6 Å². The van der Waals surface area contributed by atoms with Gasteiger partial charge in [-0.1, -0.05) is 10.5 Å². The molecule has 0 amide bonds. The zero-order valence-electron chi connectivity index (χ0n) is 13.4. The van der Waals surface area contributed by atoms with Crippen LogP contribution in [0.15, 0.2) is 22.6 Å². The molecule has 0 unspecified atom stereocenters. The Kier molecular flexibility index (Phi) is 6.35. The molecule has 0 spiro atoms. The van der Waals surface area contributed by atoms with Crippen molar-refractivity contribution in [3.8, 4) is 11.5 Å². The quantitative estimate of drug-likeness (QED) is 0.640. The summed E-state index contributed by atoms with van der Waals surface area (Å²) < 4.78 is 56.0. The Morgan fingerprint density at radius 2 is 1.91 bits per heavy atom. The van der Waals surface area contributed by atoms with E-state index in [1.807, 2.05) is 0 Å². The molecule has 0 aliphatic carbocycles. The lowest BCUT2D eigenvalue weighted by Gasteiger charge is -2.18. The highest BCUT2D eigenvalue weighted by molar-refractivity contribution is 7.91. The minimum Gasteiger partial charge on any atom is -0.591 e. The van der Waals surface area contributed by atoms with Gasteiger partial charge < -0.3 is 14.4 Å². The zero-order chi connectivity index (χ0) is 17.8. The first kappa shape index (κ1) is 19.6. The number of nitrogens with zero attached hydrogens (tertiary/aromatic N) is 1. The molecule has 0 radical (unpaired) electrons. The molecule has 23 heavy (non-hydrogen) atoms. The molecule has 1 rings (SSSR count). The number of ether oxygens (including phenoxy) is 1. The number of rotatable bonds is 5. The van der Waals surface area contributed by atoms with Gasteiger partial charge in [0.2, 0.25) is 0 Å². The van der Waals surface area contributed by atoms with Gasteiger partial charge >= 0.3 is 6.36 Å². The van der Waals surface area contributed by atoms with E-state index in [-0.39, 0.29) is 0 Å². The molecule has 0 saturated heterocycles. The van der Waals surface area contributed by atoms with Gasteiger partial charge in [-0.3, -0.25) is 0 Å². The molecule has 0 aliphatic heterocycles. The molecule has 0 saturated carbocycles. The lowest BCUT2D eigenvalue weighted by atomic mass is 10.1. The number of hydrogen-bond donors (Lipinski definition) is 1. The molecule has 1 aromatic rings. The third-order valence-electron chi connectivity index (χ3n) is 2.79. The summed E-state index contributed by atoms with van der Waals surface area (Å²) in [5, 5.41) is 9.40. The summed E-state index contributed by atoms with van der Waals surface area (Å²) in [4.78, 5) is 0. The highest BCUT2D eigenvalue weighted by Crippen LogP contribution is 2.32. The summed E-state index contributed by atoms with van der Waals surface area (Å²) in [6, 6.07) is 3.79. The number of benzene rings is 1. The first-order valence-electron chi connectivity index (χ1n) is 6.92. The van der Waals surface area contributed by atoms with Gasteiger partial charge in [0.1, 0.15) is 16.1 Å². The summed E-state index contributed by atoms with van der Waals surface area (Å²) in [6.07, 6.45) is -4.03. The molecule has 4 nitrogen and oxygen atoms in total. The van der Waals surface area contributed by atoms with Gasteiger partial charge in [0.15, 0.2) is 11.5 Å². The summed E-state index contributed by atoms with van der Waals surface area (Å²) in [5.74, 6) is -1.21. The minimum atomic E-state index is -4.86. The van der Waals surface area contributed by atoms with Crippen LogP contribution in [0.3, 0.4) is 0 Å². The lowest BCUT2D eigenvalue weighted by molar-refractivity contribution is -0.275. The van der Waals surface area contributed by atoms with Crippen molar-refractivity contribution in [3.63, 3.8) is 0 Å². The SMILES string of the molecule is C/C(CCc1ccc(O)c(OC(F)(F)F)c1)=N\[S@+]([O-])C(C)(C)C. The van der Waals surface area contributed by atoms with Gasteiger partial charge in [-0.15, -0.1) is 13.2 Å². The second-order valence-corrected chi connectivity index (χ2v) is 7.94. The highest BCUT2D eigenvalue weighted by atomic mass is 32.2. The van der Waals surface area contributed by atoms with Crippen LogP contribution in [0.5, 0.6) is 11.5 Å². The fraction of sp³-hybridized carbons (Fsp3) is 0.533. The molecule has 0 bridgehead atoms. The monoisotopic (exact) mass is 351 g/mol. The smallest absolute Gasteiger partial charge is 0.573 e. The fourth-order valence-electron chi connectivity index (χ4n) is 1.57.